The maximum Gasteiger partial charge on any atom is 0.215 e. The number of benzene rings is 1. The third kappa shape index (κ3) is 22.7. The summed E-state index contributed by atoms with van der Waals surface area (Å²) >= 11 is 0. The summed E-state index contributed by atoms with van der Waals surface area (Å²) in [6.45, 7) is 2.29. The molecule has 0 radical (unpaired) electrons. The molecule has 1 aromatic rings. The zero-order chi connectivity index (χ0) is 26.3. The van der Waals surface area contributed by atoms with Crippen LogP contribution in [0.3, 0.4) is 0 Å². The molecular weight excluding hydrogens is 450 g/mol. The van der Waals surface area contributed by atoms with Gasteiger partial charge in [0.1, 0.15) is 11.9 Å². The molecule has 5 N–H and O–H groups in total. The molecule has 1 atom stereocenters. The first-order valence-corrected chi connectivity index (χ1v) is 14.4. The molecule has 0 fully saturated rings. The van der Waals surface area contributed by atoms with Crippen molar-refractivity contribution in [3.63, 3.8) is 0 Å². The SMILES string of the molecule is CCCCCCCCCCCCCCCCC(N)[N+](C)(C)c1ccccc1.CN.O=S(=O)([O-])O. The predicted octanol–water partition coefficient (Wildman–Crippen LogP) is 5.99. The van der Waals surface area contributed by atoms with Crippen LogP contribution in [0.2, 0.25) is 0 Å². The number of quaternary nitrogens is 1. The zero-order valence-corrected chi connectivity index (χ0v) is 23.1. The van der Waals surface area contributed by atoms with E-state index in [1.807, 2.05) is 0 Å². The molecule has 0 spiro atoms. The van der Waals surface area contributed by atoms with E-state index in [0.29, 0.717) is 0 Å². The second-order valence-electron chi connectivity index (χ2n) is 9.26. The van der Waals surface area contributed by atoms with Crippen molar-refractivity contribution < 1.29 is 17.5 Å². The minimum atomic E-state index is -4.92. The minimum absolute atomic E-state index is 0.185. The molecular formula is C26H53N3O4S. The lowest BCUT2D eigenvalue weighted by molar-refractivity contribution is 0.276. The summed E-state index contributed by atoms with van der Waals surface area (Å²) in [6.07, 6.45) is 21.0. The van der Waals surface area contributed by atoms with Gasteiger partial charge in [-0.1, -0.05) is 109 Å². The van der Waals surface area contributed by atoms with Crippen molar-refractivity contribution in [1.82, 2.24) is 4.48 Å². The molecule has 0 aliphatic carbocycles. The van der Waals surface area contributed by atoms with Gasteiger partial charge in [0.05, 0.1) is 14.1 Å². The third-order valence-corrected chi connectivity index (χ3v) is 6.10. The van der Waals surface area contributed by atoms with Gasteiger partial charge in [-0.3, -0.25) is 14.8 Å². The summed E-state index contributed by atoms with van der Waals surface area (Å²) in [7, 11) is 1.04. The molecule has 0 heterocycles. The summed E-state index contributed by atoms with van der Waals surface area (Å²) < 4.78 is 33.6. The molecule has 0 saturated carbocycles. The normalized spacial score (nSPS) is 12.2. The molecule has 0 bridgehead atoms. The van der Waals surface area contributed by atoms with Crippen molar-refractivity contribution in [3.05, 3.63) is 30.3 Å². The second-order valence-corrected chi connectivity index (χ2v) is 10.1. The van der Waals surface area contributed by atoms with Gasteiger partial charge < -0.3 is 10.3 Å². The van der Waals surface area contributed by atoms with Crippen LogP contribution in [0, 0.1) is 0 Å². The fourth-order valence-corrected chi connectivity index (χ4v) is 3.87. The molecule has 0 aliphatic heterocycles. The standard InChI is InChI=1S/C25H47N2.CH5N.H2O4S/c1-4-5-6-7-8-9-10-11-12-13-14-15-16-20-23-25(26)27(2,3)24-21-18-17-19-22-24;1-2;1-5(2,3)4/h17-19,21-22,25H,4-16,20,23,26H2,1-3H3;2H2,1H3;(H2,1,2,3,4)/q+1;;/p-1. The molecule has 1 unspecified atom stereocenters. The number of hydrogen-bond donors (Lipinski definition) is 3. The van der Waals surface area contributed by atoms with Crippen molar-refractivity contribution in [2.45, 2.75) is 109 Å². The zero-order valence-electron chi connectivity index (χ0n) is 22.3. The van der Waals surface area contributed by atoms with Gasteiger partial charge in [-0.25, -0.2) is 8.42 Å². The van der Waals surface area contributed by atoms with Crippen LogP contribution in [-0.4, -0.2) is 44.8 Å². The second kappa shape index (κ2) is 22.4. The van der Waals surface area contributed by atoms with Gasteiger partial charge in [0.15, 0.2) is 0 Å². The summed E-state index contributed by atoms with van der Waals surface area (Å²) in [4.78, 5) is 0. The largest absolute Gasteiger partial charge is 0.726 e. The lowest BCUT2D eigenvalue weighted by atomic mass is 10.0. The maximum absolute atomic E-state index is 8.63. The predicted molar refractivity (Wildman–Crippen MR) is 145 cm³/mol. The molecule has 0 aromatic heterocycles. The van der Waals surface area contributed by atoms with Crippen LogP contribution >= 0.6 is 0 Å². The first-order chi connectivity index (χ1) is 16.1. The molecule has 202 valence electrons. The Labute approximate surface area is 210 Å². The fraction of sp³-hybridized carbons (Fsp3) is 0.769. The molecule has 1 rings (SSSR count). The minimum Gasteiger partial charge on any atom is -0.726 e. The topological polar surface area (TPSA) is 129 Å². The average molecular weight is 504 g/mol. The smallest absolute Gasteiger partial charge is 0.215 e. The quantitative estimate of drug-likeness (QED) is 0.0787. The lowest BCUT2D eigenvalue weighted by Gasteiger charge is -2.35. The van der Waals surface area contributed by atoms with Crippen LogP contribution < -0.4 is 16.0 Å². The summed E-state index contributed by atoms with van der Waals surface area (Å²) in [5.74, 6) is 0. The van der Waals surface area contributed by atoms with E-state index in [4.69, 9.17) is 23.3 Å². The molecule has 34 heavy (non-hydrogen) atoms. The fourth-order valence-electron chi connectivity index (χ4n) is 3.87. The lowest BCUT2D eigenvalue weighted by Crippen LogP contribution is -2.55. The summed E-state index contributed by atoms with van der Waals surface area (Å²) in [5, 5.41) is 0. The van der Waals surface area contributed by atoms with Crippen molar-refractivity contribution in [2.24, 2.45) is 11.5 Å². The van der Waals surface area contributed by atoms with E-state index in [1.165, 1.54) is 103 Å². The Morgan fingerprint density at radius 1 is 0.794 bits per heavy atom. The van der Waals surface area contributed by atoms with E-state index >= 15 is 0 Å². The number of rotatable bonds is 17. The Balaban J connectivity index is 0. The number of nitrogens with two attached hydrogens (primary N) is 2. The van der Waals surface area contributed by atoms with Gasteiger partial charge in [0.2, 0.25) is 10.4 Å². The Morgan fingerprint density at radius 3 is 1.47 bits per heavy atom. The third-order valence-electron chi connectivity index (χ3n) is 6.10. The highest BCUT2D eigenvalue weighted by Crippen LogP contribution is 2.22. The highest BCUT2D eigenvalue weighted by molar-refractivity contribution is 7.79. The van der Waals surface area contributed by atoms with Crippen LogP contribution in [0.4, 0.5) is 5.69 Å². The molecule has 0 aliphatic rings. The number of hydrogen-bond acceptors (Lipinski definition) is 5. The Hall–Kier alpha value is -1.03. The molecule has 0 amide bonds. The molecule has 7 nitrogen and oxygen atoms in total. The van der Waals surface area contributed by atoms with Crippen LogP contribution in [-0.2, 0) is 10.4 Å². The molecule has 0 saturated heterocycles. The highest BCUT2D eigenvalue weighted by Gasteiger charge is 2.26. The number of nitrogens with zero attached hydrogens (tertiary/aromatic N) is 1. The van der Waals surface area contributed by atoms with E-state index in [9.17, 15) is 0 Å². The summed E-state index contributed by atoms with van der Waals surface area (Å²) in [6, 6.07) is 10.7. The molecule has 1 aromatic carbocycles. The van der Waals surface area contributed by atoms with Crippen molar-refractivity contribution in [3.8, 4) is 0 Å². The van der Waals surface area contributed by atoms with Gasteiger partial charge >= 0.3 is 0 Å². The van der Waals surface area contributed by atoms with E-state index in [1.54, 1.807) is 0 Å². The van der Waals surface area contributed by atoms with Gasteiger partial charge in [-0.2, -0.15) is 0 Å². The van der Waals surface area contributed by atoms with Crippen molar-refractivity contribution >= 4 is 16.1 Å². The first-order valence-electron chi connectivity index (χ1n) is 13.0. The Bertz CT molecular complexity index is 647. The maximum atomic E-state index is 8.63. The van der Waals surface area contributed by atoms with Crippen molar-refractivity contribution in [2.75, 3.05) is 21.1 Å². The Kier molecular flexibility index (Phi) is 23.2. The van der Waals surface area contributed by atoms with Gasteiger partial charge in [-0.05, 0) is 25.6 Å². The van der Waals surface area contributed by atoms with E-state index in [0.717, 1.165) is 10.9 Å². The van der Waals surface area contributed by atoms with E-state index < -0.39 is 10.4 Å². The van der Waals surface area contributed by atoms with Crippen LogP contribution in [0.15, 0.2) is 30.3 Å². The number of para-hydroxylation sites is 1. The van der Waals surface area contributed by atoms with Crippen LogP contribution in [0.5, 0.6) is 0 Å². The van der Waals surface area contributed by atoms with Crippen LogP contribution in [0.25, 0.3) is 0 Å². The van der Waals surface area contributed by atoms with E-state index in [2.05, 4.69) is 57.1 Å². The van der Waals surface area contributed by atoms with E-state index in [-0.39, 0.29) is 6.17 Å². The molecule has 8 heteroatoms. The first kappa shape index (κ1) is 35.1. The monoisotopic (exact) mass is 503 g/mol. The van der Waals surface area contributed by atoms with Gasteiger partial charge in [0.25, 0.3) is 0 Å². The number of unbranched alkanes of at least 4 members (excludes halogenated alkanes) is 13. The highest BCUT2D eigenvalue weighted by atomic mass is 32.3. The summed E-state index contributed by atoms with van der Waals surface area (Å²) in [5.41, 5.74) is 12.3. The van der Waals surface area contributed by atoms with Gasteiger partial charge in [0, 0.05) is 6.42 Å². The average Bonchev–Trinajstić information content (AvgIpc) is 2.80. The van der Waals surface area contributed by atoms with Crippen LogP contribution in [0.1, 0.15) is 103 Å². The van der Waals surface area contributed by atoms with Gasteiger partial charge in [-0.15, -0.1) is 0 Å². The Morgan fingerprint density at radius 2 is 1.12 bits per heavy atom. The van der Waals surface area contributed by atoms with Crippen molar-refractivity contribution in [1.29, 1.82) is 0 Å².